The summed E-state index contributed by atoms with van der Waals surface area (Å²) >= 11 is 0. The zero-order valence-corrected chi connectivity index (χ0v) is 18.5. The smallest absolute Gasteiger partial charge is 0.393 e. The summed E-state index contributed by atoms with van der Waals surface area (Å²) in [7, 11) is 0. The van der Waals surface area contributed by atoms with Crippen molar-refractivity contribution >= 4 is 17.3 Å². The summed E-state index contributed by atoms with van der Waals surface area (Å²) in [6.07, 6.45) is -5.51. The van der Waals surface area contributed by atoms with Crippen LogP contribution in [0.15, 0.2) is 60.7 Å². The van der Waals surface area contributed by atoms with Gasteiger partial charge in [0.15, 0.2) is 0 Å². The second-order valence-electron chi connectivity index (χ2n) is 8.13. The van der Waals surface area contributed by atoms with Crippen LogP contribution in [-0.2, 0) is 17.5 Å². The first kappa shape index (κ1) is 23.7. The number of pyridine rings is 1. The number of carbonyl (C=O) groups is 1. The predicted molar refractivity (Wildman–Crippen MR) is 121 cm³/mol. The van der Waals surface area contributed by atoms with Gasteiger partial charge in [-0.2, -0.15) is 13.2 Å². The van der Waals surface area contributed by atoms with Crippen LogP contribution in [0.5, 0.6) is 0 Å². The normalized spacial score (nSPS) is 15.0. The van der Waals surface area contributed by atoms with Crippen LogP contribution in [-0.4, -0.2) is 45.7 Å². The fourth-order valence-electron chi connectivity index (χ4n) is 4.02. The van der Waals surface area contributed by atoms with Crippen LogP contribution in [0.3, 0.4) is 0 Å². The molecular weight excluding hydrogens is 447 g/mol. The summed E-state index contributed by atoms with van der Waals surface area (Å²) in [4.78, 5) is 20.2. The molecule has 34 heavy (non-hydrogen) atoms. The molecule has 2 N–H and O–H groups in total. The van der Waals surface area contributed by atoms with E-state index in [0.29, 0.717) is 36.7 Å². The molecule has 0 aliphatic carbocycles. The van der Waals surface area contributed by atoms with Crippen molar-refractivity contribution in [1.29, 1.82) is 0 Å². The molecule has 1 aliphatic heterocycles. The Morgan fingerprint density at radius 2 is 1.82 bits per heavy atom. The largest absolute Gasteiger partial charge is 0.416 e. The highest BCUT2D eigenvalue weighted by atomic mass is 19.4. The average molecular weight is 471 g/mol. The zero-order chi connectivity index (χ0) is 24.5. The highest BCUT2D eigenvalue weighted by Gasteiger charge is 2.30. The molecule has 0 saturated heterocycles. The standard InChI is InChI=1S/C25H24F3N3O3/c1-16(33)30-11-12-31(20-8-6-19(7-9-20)25(26,27)28)23-10-5-17(13-18(23)14-30)21-3-2-4-22(29-21)24(34)15-32/h2-10,13,24,32,34H,11-12,14-15H2,1H3. The van der Waals surface area contributed by atoms with Gasteiger partial charge in [-0.3, -0.25) is 4.79 Å². The van der Waals surface area contributed by atoms with Gasteiger partial charge in [-0.15, -0.1) is 0 Å². The van der Waals surface area contributed by atoms with E-state index in [1.54, 1.807) is 23.1 Å². The Morgan fingerprint density at radius 1 is 1.09 bits per heavy atom. The lowest BCUT2D eigenvalue weighted by Crippen LogP contribution is -2.32. The lowest BCUT2D eigenvalue weighted by Gasteiger charge is -2.25. The maximum absolute atomic E-state index is 13.0. The first-order valence-electron chi connectivity index (χ1n) is 10.8. The molecule has 0 spiro atoms. The quantitative estimate of drug-likeness (QED) is 0.594. The van der Waals surface area contributed by atoms with Crippen LogP contribution in [0.1, 0.15) is 29.8 Å². The monoisotopic (exact) mass is 471 g/mol. The number of aromatic nitrogens is 1. The van der Waals surface area contributed by atoms with Gasteiger partial charge < -0.3 is 20.0 Å². The topological polar surface area (TPSA) is 76.9 Å². The number of aliphatic hydroxyl groups is 2. The number of halogens is 3. The highest BCUT2D eigenvalue weighted by Crippen LogP contribution is 2.36. The number of alkyl halides is 3. The van der Waals surface area contributed by atoms with Crippen molar-refractivity contribution in [2.75, 3.05) is 24.6 Å². The number of amides is 1. The lowest BCUT2D eigenvalue weighted by atomic mass is 10.0. The molecule has 2 heterocycles. The number of carbonyl (C=O) groups excluding carboxylic acids is 1. The van der Waals surface area contributed by atoms with Gasteiger partial charge in [0.05, 0.1) is 23.6 Å². The molecule has 3 aromatic rings. The van der Waals surface area contributed by atoms with Crippen molar-refractivity contribution < 1.29 is 28.2 Å². The van der Waals surface area contributed by atoms with Gasteiger partial charge >= 0.3 is 6.18 Å². The number of fused-ring (bicyclic) bond motifs is 1. The third-order valence-electron chi connectivity index (χ3n) is 5.86. The lowest BCUT2D eigenvalue weighted by molar-refractivity contribution is -0.137. The molecule has 2 aromatic carbocycles. The fourth-order valence-corrected chi connectivity index (χ4v) is 4.02. The molecule has 1 aromatic heterocycles. The van der Waals surface area contributed by atoms with Crippen molar-refractivity contribution in [3.8, 4) is 11.3 Å². The summed E-state index contributed by atoms with van der Waals surface area (Å²) in [6.45, 7) is 2.22. The molecule has 1 atom stereocenters. The van der Waals surface area contributed by atoms with Crippen LogP contribution < -0.4 is 4.90 Å². The van der Waals surface area contributed by atoms with E-state index in [1.807, 2.05) is 23.1 Å². The average Bonchev–Trinajstić information content (AvgIpc) is 3.02. The Bertz CT molecular complexity index is 1180. The van der Waals surface area contributed by atoms with E-state index in [1.165, 1.54) is 19.1 Å². The maximum atomic E-state index is 13.0. The van der Waals surface area contributed by atoms with Crippen molar-refractivity contribution in [2.45, 2.75) is 25.7 Å². The molecular formula is C25H24F3N3O3. The van der Waals surface area contributed by atoms with Gasteiger partial charge in [-0.05, 0) is 54.1 Å². The van der Waals surface area contributed by atoms with Crippen molar-refractivity contribution in [1.82, 2.24) is 9.88 Å². The van der Waals surface area contributed by atoms with Gasteiger partial charge in [-0.1, -0.05) is 12.1 Å². The molecule has 1 aliphatic rings. The van der Waals surface area contributed by atoms with Crippen LogP contribution >= 0.6 is 0 Å². The van der Waals surface area contributed by atoms with E-state index in [9.17, 15) is 28.2 Å². The fraction of sp³-hybridized carbons (Fsp3) is 0.280. The molecule has 1 unspecified atom stereocenters. The van der Waals surface area contributed by atoms with Gasteiger partial charge in [0.1, 0.15) is 6.10 Å². The van der Waals surface area contributed by atoms with Crippen LogP contribution in [0.25, 0.3) is 11.3 Å². The van der Waals surface area contributed by atoms with Crippen molar-refractivity contribution in [2.24, 2.45) is 0 Å². The molecule has 4 rings (SSSR count). The number of nitrogens with zero attached hydrogens (tertiary/aromatic N) is 3. The first-order chi connectivity index (χ1) is 16.2. The number of rotatable bonds is 4. The first-order valence-corrected chi connectivity index (χ1v) is 10.8. The molecule has 0 bridgehead atoms. The minimum atomic E-state index is -4.42. The second-order valence-corrected chi connectivity index (χ2v) is 8.13. The molecule has 178 valence electrons. The third-order valence-corrected chi connectivity index (χ3v) is 5.86. The van der Waals surface area contributed by atoms with E-state index in [4.69, 9.17) is 0 Å². The van der Waals surface area contributed by atoms with Crippen LogP contribution in [0, 0.1) is 0 Å². The number of benzene rings is 2. The minimum absolute atomic E-state index is 0.100. The summed E-state index contributed by atoms with van der Waals surface area (Å²) < 4.78 is 39.1. The van der Waals surface area contributed by atoms with E-state index >= 15 is 0 Å². The Morgan fingerprint density at radius 3 is 2.47 bits per heavy atom. The summed E-state index contributed by atoms with van der Waals surface area (Å²) in [5.41, 5.74) is 3.17. The highest BCUT2D eigenvalue weighted by molar-refractivity contribution is 5.77. The number of anilines is 2. The molecule has 1 amide bonds. The summed E-state index contributed by atoms with van der Waals surface area (Å²) in [6, 6.07) is 15.7. The van der Waals surface area contributed by atoms with Gasteiger partial charge in [0.25, 0.3) is 0 Å². The Hall–Kier alpha value is -3.43. The van der Waals surface area contributed by atoms with E-state index < -0.39 is 24.5 Å². The molecule has 0 saturated carbocycles. The Kier molecular flexibility index (Phi) is 6.58. The summed E-state index contributed by atoms with van der Waals surface area (Å²) in [5, 5.41) is 19.1. The van der Waals surface area contributed by atoms with E-state index in [0.717, 1.165) is 28.9 Å². The summed E-state index contributed by atoms with van der Waals surface area (Å²) in [5.74, 6) is -0.100. The zero-order valence-electron chi connectivity index (χ0n) is 18.5. The molecule has 9 heteroatoms. The SMILES string of the molecule is CC(=O)N1CCN(c2ccc(C(F)(F)F)cc2)c2ccc(-c3cccc(C(O)CO)n3)cc2C1. The number of aliphatic hydroxyl groups excluding tert-OH is 2. The molecule has 0 fully saturated rings. The second kappa shape index (κ2) is 9.44. The molecule has 6 nitrogen and oxygen atoms in total. The number of hydrogen-bond donors (Lipinski definition) is 2. The minimum Gasteiger partial charge on any atom is -0.393 e. The van der Waals surface area contributed by atoms with E-state index in [-0.39, 0.29) is 5.91 Å². The van der Waals surface area contributed by atoms with E-state index in [2.05, 4.69) is 4.98 Å². The third kappa shape index (κ3) is 4.90. The Labute approximate surface area is 194 Å². The van der Waals surface area contributed by atoms with Crippen LogP contribution in [0.2, 0.25) is 0 Å². The van der Waals surface area contributed by atoms with Gasteiger partial charge in [-0.25, -0.2) is 4.98 Å². The van der Waals surface area contributed by atoms with Crippen LogP contribution in [0.4, 0.5) is 24.5 Å². The maximum Gasteiger partial charge on any atom is 0.416 e. The molecule has 0 radical (unpaired) electrons. The van der Waals surface area contributed by atoms with Crippen molar-refractivity contribution in [3.05, 3.63) is 77.5 Å². The van der Waals surface area contributed by atoms with Gasteiger partial charge in [0.2, 0.25) is 5.91 Å². The van der Waals surface area contributed by atoms with Gasteiger partial charge in [0, 0.05) is 43.5 Å². The van der Waals surface area contributed by atoms with Crippen molar-refractivity contribution in [3.63, 3.8) is 0 Å². The Balaban J connectivity index is 1.75. The predicted octanol–water partition coefficient (Wildman–Crippen LogP) is 4.29. The number of hydrogen-bond acceptors (Lipinski definition) is 5.